The second-order valence-corrected chi connectivity index (χ2v) is 6.15. The molecule has 1 aromatic heterocycles. The van der Waals surface area contributed by atoms with Crippen LogP contribution in [-0.2, 0) is 11.3 Å². The third kappa shape index (κ3) is 3.83. The number of ether oxygens (including phenoxy) is 1. The van der Waals surface area contributed by atoms with Gasteiger partial charge >= 0.3 is 0 Å². The summed E-state index contributed by atoms with van der Waals surface area (Å²) in [6, 6.07) is 9.28. The number of rotatable bonds is 6. The Morgan fingerprint density at radius 2 is 2.11 bits per heavy atom. The molecule has 144 valence electrons. The molecule has 0 atom stereocenters. The number of nitrogens with zero attached hydrogens (tertiary/aromatic N) is 3. The first-order chi connectivity index (χ1) is 13.4. The van der Waals surface area contributed by atoms with Crippen LogP contribution >= 0.6 is 0 Å². The number of benzene rings is 2. The van der Waals surface area contributed by atoms with Crippen LogP contribution in [0.25, 0.3) is 10.9 Å². The monoisotopic (exact) mass is 382 g/mol. The molecule has 0 aliphatic carbocycles. The maximum Gasteiger partial charge on any atom is 0.271 e. The van der Waals surface area contributed by atoms with Crippen molar-refractivity contribution in [3.05, 3.63) is 68.8 Å². The first-order valence-corrected chi connectivity index (χ1v) is 8.47. The first kappa shape index (κ1) is 19.0. The minimum absolute atomic E-state index is 0.00917. The van der Waals surface area contributed by atoms with Crippen molar-refractivity contribution in [3.63, 3.8) is 0 Å². The fourth-order valence-corrected chi connectivity index (χ4v) is 2.84. The number of nitrogens with one attached hydrogen (secondary N) is 1. The number of anilines is 1. The summed E-state index contributed by atoms with van der Waals surface area (Å²) in [5.41, 5.74) is 1.34. The summed E-state index contributed by atoms with van der Waals surface area (Å²) < 4.78 is 6.49. The second-order valence-electron chi connectivity index (χ2n) is 6.15. The SMILES string of the molecule is COc1ccc([N+](=O)[O-])cc1NC(=O)CCn1cnc2c(C)cccc2c1=O. The molecule has 0 saturated heterocycles. The van der Waals surface area contributed by atoms with Gasteiger partial charge in [-0.05, 0) is 24.6 Å². The Hall–Kier alpha value is -3.75. The van der Waals surface area contributed by atoms with Crippen LogP contribution in [0, 0.1) is 17.0 Å². The zero-order valence-electron chi connectivity index (χ0n) is 15.3. The van der Waals surface area contributed by atoms with E-state index in [-0.39, 0.29) is 29.9 Å². The largest absolute Gasteiger partial charge is 0.495 e. The number of para-hydroxylation sites is 1. The van der Waals surface area contributed by atoms with E-state index in [2.05, 4.69) is 10.3 Å². The Labute approximate surface area is 159 Å². The van der Waals surface area contributed by atoms with E-state index < -0.39 is 10.8 Å². The number of aromatic nitrogens is 2. The topological polar surface area (TPSA) is 116 Å². The van der Waals surface area contributed by atoms with E-state index in [1.165, 1.54) is 36.2 Å². The molecule has 0 fully saturated rings. The van der Waals surface area contributed by atoms with Gasteiger partial charge in [0.05, 0.1) is 35.0 Å². The van der Waals surface area contributed by atoms with Gasteiger partial charge in [-0.15, -0.1) is 0 Å². The molecular formula is C19H18N4O5. The maximum atomic E-state index is 12.6. The number of hydrogen-bond donors (Lipinski definition) is 1. The van der Waals surface area contributed by atoms with Crippen LogP contribution in [0.4, 0.5) is 11.4 Å². The number of carbonyl (C=O) groups excluding carboxylic acids is 1. The average molecular weight is 382 g/mol. The van der Waals surface area contributed by atoms with E-state index in [1.807, 2.05) is 13.0 Å². The molecule has 1 amide bonds. The zero-order chi connectivity index (χ0) is 20.3. The van der Waals surface area contributed by atoms with Crippen LogP contribution < -0.4 is 15.6 Å². The molecule has 0 aliphatic rings. The lowest BCUT2D eigenvalue weighted by Crippen LogP contribution is -2.24. The van der Waals surface area contributed by atoms with E-state index in [0.717, 1.165) is 5.56 Å². The standard InChI is InChI=1S/C19H18N4O5/c1-12-4-3-5-14-18(12)20-11-22(19(14)25)9-8-17(24)21-15-10-13(23(26)27)6-7-16(15)28-2/h3-7,10-11H,8-9H2,1-2H3,(H,21,24). The van der Waals surface area contributed by atoms with Crippen LogP contribution in [0.3, 0.4) is 0 Å². The van der Waals surface area contributed by atoms with Crippen molar-refractivity contribution < 1.29 is 14.5 Å². The Bertz CT molecular complexity index is 1120. The number of fused-ring (bicyclic) bond motifs is 1. The van der Waals surface area contributed by atoms with Gasteiger partial charge in [-0.2, -0.15) is 0 Å². The molecule has 28 heavy (non-hydrogen) atoms. The summed E-state index contributed by atoms with van der Waals surface area (Å²) in [4.78, 5) is 39.5. The highest BCUT2D eigenvalue weighted by Crippen LogP contribution is 2.28. The predicted octanol–water partition coefficient (Wildman–Crippen LogP) is 2.65. The van der Waals surface area contributed by atoms with Crippen molar-refractivity contribution in [2.75, 3.05) is 12.4 Å². The summed E-state index contributed by atoms with van der Waals surface area (Å²) in [5.74, 6) is -0.103. The van der Waals surface area contributed by atoms with Gasteiger partial charge < -0.3 is 10.1 Å². The van der Waals surface area contributed by atoms with Crippen LogP contribution in [-0.4, -0.2) is 27.5 Å². The number of carbonyl (C=O) groups is 1. The van der Waals surface area contributed by atoms with Gasteiger partial charge in [-0.3, -0.25) is 24.3 Å². The number of methoxy groups -OCH3 is 1. The molecule has 1 heterocycles. The fraction of sp³-hybridized carbons (Fsp3) is 0.211. The van der Waals surface area contributed by atoms with Crippen molar-refractivity contribution in [3.8, 4) is 5.75 Å². The molecule has 2 aromatic carbocycles. The third-order valence-electron chi connectivity index (χ3n) is 4.30. The number of non-ortho nitro benzene ring substituents is 1. The number of hydrogen-bond acceptors (Lipinski definition) is 6. The molecule has 3 aromatic rings. The van der Waals surface area contributed by atoms with E-state index in [0.29, 0.717) is 16.7 Å². The smallest absolute Gasteiger partial charge is 0.271 e. The van der Waals surface area contributed by atoms with Crippen molar-refractivity contribution in [2.24, 2.45) is 0 Å². The van der Waals surface area contributed by atoms with Crippen molar-refractivity contribution in [1.29, 1.82) is 0 Å². The maximum absolute atomic E-state index is 12.6. The van der Waals surface area contributed by atoms with Gasteiger partial charge in [0, 0.05) is 25.1 Å². The van der Waals surface area contributed by atoms with Gasteiger partial charge in [0.2, 0.25) is 5.91 Å². The van der Waals surface area contributed by atoms with Crippen LogP contribution in [0.1, 0.15) is 12.0 Å². The minimum atomic E-state index is -0.558. The van der Waals surface area contributed by atoms with Gasteiger partial charge in [0.25, 0.3) is 11.2 Å². The molecule has 0 unspecified atom stereocenters. The van der Waals surface area contributed by atoms with Crippen LogP contribution in [0.5, 0.6) is 5.75 Å². The predicted molar refractivity (Wildman–Crippen MR) is 104 cm³/mol. The lowest BCUT2D eigenvalue weighted by molar-refractivity contribution is -0.384. The van der Waals surface area contributed by atoms with E-state index in [9.17, 15) is 19.7 Å². The van der Waals surface area contributed by atoms with Crippen LogP contribution in [0.2, 0.25) is 0 Å². The molecule has 0 aliphatic heterocycles. The molecule has 0 bridgehead atoms. The molecule has 3 rings (SSSR count). The lowest BCUT2D eigenvalue weighted by Gasteiger charge is -2.11. The highest BCUT2D eigenvalue weighted by Gasteiger charge is 2.14. The molecule has 0 saturated carbocycles. The van der Waals surface area contributed by atoms with Gasteiger partial charge in [0.1, 0.15) is 5.75 Å². The summed E-state index contributed by atoms with van der Waals surface area (Å²) in [6.07, 6.45) is 1.41. The van der Waals surface area contributed by atoms with Gasteiger partial charge in [-0.1, -0.05) is 12.1 Å². The van der Waals surface area contributed by atoms with Crippen molar-refractivity contribution in [1.82, 2.24) is 9.55 Å². The van der Waals surface area contributed by atoms with Crippen molar-refractivity contribution >= 4 is 28.2 Å². The third-order valence-corrected chi connectivity index (χ3v) is 4.30. The number of nitro groups is 1. The minimum Gasteiger partial charge on any atom is -0.495 e. The number of amides is 1. The number of aryl methyl sites for hydroxylation is 2. The zero-order valence-corrected chi connectivity index (χ0v) is 15.3. The summed E-state index contributed by atoms with van der Waals surface area (Å²) in [5, 5.41) is 14.0. The Morgan fingerprint density at radius 1 is 1.32 bits per heavy atom. The fourth-order valence-electron chi connectivity index (χ4n) is 2.84. The second kappa shape index (κ2) is 7.87. The lowest BCUT2D eigenvalue weighted by atomic mass is 10.1. The highest BCUT2D eigenvalue weighted by atomic mass is 16.6. The normalized spacial score (nSPS) is 10.6. The summed E-state index contributed by atoms with van der Waals surface area (Å²) >= 11 is 0. The molecular weight excluding hydrogens is 364 g/mol. The molecule has 0 radical (unpaired) electrons. The van der Waals surface area contributed by atoms with Gasteiger partial charge in [0.15, 0.2) is 0 Å². The molecule has 1 N–H and O–H groups in total. The molecule has 9 nitrogen and oxygen atoms in total. The quantitative estimate of drug-likeness (QED) is 0.517. The van der Waals surface area contributed by atoms with Crippen LogP contribution in [0.15, 0.2) is 47.5 Å². The molecule has 0 spiro atoms. The summed E-state index contributed by atoms with van der Waals surface area (Å²) in [7, 11) is 1.40. The first-order valence-electron chi connectivity index (χ1n) is 8.47. The molecule has 9 heteroatoms. The highest BCUT2D eigenvalue weighted by molar-refractivity contribution is 5.92. The van der Waals surface area contributed by atoms with E-state index >= 15 is 0 Å². The van der Waals surface area contributed by atoms with E-state index in [4.69, 9.17) is 4.74 Å². The summed E-state index contributed by atoms with van der Waals surface area (Å²) in [6.45, 7) is 2.00. The van der Waals surface area contributed by atoms with Gasteiger partial charge in [-0.25, -0.2) is 4.98 Å². The van der Waals surface area contributed by atoms with E-state index in [1.54, 1.807) is 12.1 Å². The van der Waals surface area contributed by atoms with Crippen molar-refractivity contribution in [2.45, 2.75) is 19.9 Å². The Morgan fingerprint density at radius 3 is 2.82 bits per heavy atom. The Kier molecular flexibility index (Phi) is 5.35. The number of nitro benzene ring substituents is 1. The average Bonchev–Trinajstić information content (AvgIpc) is 2.68. The Balaban J connectivity index is 1.76.